The summed E-state index contributed by atoms with van der Waals surface area (Å²) in [6.07, 6.45) is 0. The molecule has 2 N–H and O–H groups in total. The number of carboxylic acids is 2. The lowest BCUT2D eigenvalue weighted by molar-refractivity contribution is -0.385. The van der Waals surface area contributed by atoms with E-state index in [2.05, 4.69) is 0 Å². The van der Waals surface area contributed by atoms with Gasteiger partial charge in [0.25, 0.3) is 11.3 Å². The Morgan fingerprint density at radius 1 is 1.33 bits per heavy atom. The second kappa shape index (κ2) is 4.70. The fourth-order valence-corrected chi connectivity index (χ4v) is 1.08. The molecule has 0 radical (unpaired) electrons. The molecule has 0 saturated heterocycles. The summed E-state index contributed by atoms with van der Waals surface area (Å²) in [5.74, 6) is -3.63. The van der Waals surface area contributed by atoms with Crippen LogP contribution in [0.4, 0.5) is 5.69 Å². The highest BCUT2D eigenvalue weighted by Gasteiger charge is 2.44. The monoisotopic (exact) mass is 255 g/mol. The van der Waals surface area contributed by atoms with Gasteiger partial charge in [-0.3, -0.25) is 10.1 Å². The number of aliphatic carboxylic acids is 2. The van der Waals surface area contributed by atoms with Gasteiger partial charge in [-0.25, -0.2) is 9.59 Å². The van der Waals surface area contributed by atoms with Crippen molar-refractivity contribution in [3.05, 3.63) is 34.4 Å². The third kappa shape index (κ3) is 2.54. The van der Waals surface area contributed by atoms with Crippen LogP contribution < -0.4 is 4.74 Å². The van der Waals surface area contributed by atoms with Gasteiger partial charge in [-0.05, 0) is 13.0 Å². The van der Waals surface area contributed by atoms with Gasteiger partial charge in [-0.15, -0.1) is 0 Å². The molecular formula is C10H9NO7. The van der Waals surface area contributed by atoms with Gasteiger partial charge in [0.05, 0.1) is 11.0 Å². The van der Waals surface area contributed by atoms with E-state index in [9.17, 15) is 19.7 Å². The van der Waals surface area contributed by atoms with E-state index in [1.807, 2.05) is 0 Å². The summed E-state index contributed by atoms with van der Waals surface area (Å²) in [5, 5.41) is 28.1. The van der Waals surface area contributed by atoms with Crippen molar-refractivity contribution in [3.8, 4) is 5.75 Å². The quantitative estimate of drug-likeness (QED) is 0.454. The van der Waals surface area contributed by atoms with Gasteiger partial charge in [0, 0.05) is 6.07 Å². The Kier molecular flexibility index (Phi) is 3.50. The summed E-state index contributed by atoms with van der Waals surface area (Å²) in [6, 6.07) is 4.62. The van der Waals surface area contributed by atoms with Crippen molar-refractivity contribution in [1.82, 2.24) is 0 Å². The van der Waals surface area contributed by atoms with Crippen LogP contribution in [-0.2, 0) is 9.59 Å². The fraction of sp³-hybridized carbons (Fsp3) is 0.200. The molecule has 8 nitrogen and oxygen atoms in total. The zero-order valence-corrected chi connectivity index (χ0v) is 9.19. The molecule has 96 valence electrons. The number of rotatable bonds is 5. The van der Waals surface area contributed by atoms with Crippen molar-refractivity contribution in [1.29, 1.82) is 0 Å². The first-order chi connectivity index (χ1) is 8.27. The van der Waals surface area contributed by atoms with Crippen molar-refractivity contribution in [2.24, 2.45) is 0 Å². The minimum Gasteiger partial charge on any atom is -0.478 e. The molecule has 1 rings (SSSR count). The molecular weight excluding hydrogens is 246 g/mol. The number of non-ortho nitro benzene ring substituents is 1. The van der Waals surface area contributed by atoms with Crippen molar-refractivity contribution in [2.45, 2.75) is 12.5 Å². The molecule has 0 aliphatic rings. The summed E-state index contributed by atoms with van der Waals surface area (Å²) in [6.45, 7) is 0.844. The largest absolute Gasteiger partial charge is 0.478 e. The summed E-state index contributed by atoms with van der Waals surface area (Å²) in [4.78, 5) is 31.5. The van der Waals surface area contributed by atoms with E-state index in [-0.39, 0.29) is 11.4 Å². The molecule has 0 unspecified atom stereocenters. The second-order valence-corrected chi connectivity index (χ2v) is 3.50. The molecule has 0 aliphatic heterocycles. The molecule has 1 aromatic carbocycles. The maximum absolute atomic E-state index is 10.8. The smallest absolute Gasteiger partial charge is 0.359 e. The van der Waals surface area contributed by atoms with Crippen molar-refractivity contribution < 1.29 is 29.5 Å². The standard InChI is InChI=1S/C10H9NO7/c1-10(8(12)13,9(14)15)18-7-4-2-3-6(5-7)11(16)17/h2-5H,1H3,(H,12,13)(H,14,15). The number of carboxylic acid groups (broad SMARTS) is 2. The van der Waals surface area contributed by atoms with Crippen LogP contribution in [0.25, 0.3) is 0 Å². The summed E-state index contributed by atoms with van der Waals surface area (Å²) < 4.78 is 4.81. The SMILES string of the molecule is CC(Oc1cccc([N+](=O)[O-])c1)(C(=O)O)C(=O)O. The molecule has 0 aliphatic carbocycles. The molecule has 0 aromatic heterocycles. The molecule has 1 aromatic rings. The highest BCUT2D eigenvalue weighted by Crippen LogP contribution is 2.23. The van der Waals surface area contributed by atoms with E-state index in [1.165, 1.54) is 18.2 Å². The first kappa shape index (κ1) is 13.4. The van der Waals surface area contributed by atoms with Gasteiger partial charge in [0.2, 0.25) is 0 Å². The minimum atomic E-state index is -2.50. The van der Waals surface area contributed by atoms with Crippen molar-refractivity contribution >= 4 is 17.6 Å². The predicted molar refractivity (Wildman–Crippen MR) is 57.4 cm³/mol. The van der Waals surface area contributed by atoms with Gasteiger partial charge in [0.15, 0.2) is 0 Å². The first-order valence-corrected chi connectivity index (χ1v) is 4.67. The molecule has 0 fully saturated rings. The average molecular weight is 255 g/mol. The van der Waals surface area contributed by atoms with Crippen LogP contribution in [0.5, 0.6) is 5.75 Å². The van der Waals surface area contributed by atoms with Crippen LogP contribution in [0.15, 0.2) is 24.3 Å². The Morgan fingerprint density at radius 2 is 1.89 bits per heavy atom. The van der Waals surface area contributed by atoms with Gasteiger partial charge in [0.1, 0.15) is 5.75 Å². The summed E-state index contributed by atoms with van der Waals surface area (Å²) >= 11 is 0. The molecule has 18 heavy (non-hydrogen) atoms. The fourth-order valence-electron chi connectivity index (χ4n) is 1.08. The van der Waals surface area contributed by atoms with E-state index in [0.717, 1.165) is 13.0 Å². The van der Waals surface area contributed by atoms with Crippen molar-refractivity contribution in [3.63, 3.8) is 0 Å². The van der Waals surface area contributed by atoms with Crippen LogP contribution in [0.3, 0.4) is 0 Å². The Bertz CT molecular complexity index is 497. The normalized spacial score (nSPS) is 10.7. The number of nitro groups is 1. The maximum Gasteiger partial charge on any atom is 0.359 e. The topological polar surface area (TPSA) is 127 Å². The van der Waals surface area contributed by atoms with Gasteiger partial charge in [-0.2, -0.15) is 0 Å². The molecule has 0 amide bonds. The lowest BCUT2D eigenvalue weighted by atomic mass is 10.1. The highest BCUT2D eigenvalue weighted by molar-refractivity contribution is 6.01. The molecule has 0 spiro atoms. The van der Waals surface area contributed by atoms with E-state index in [1.54, 1.807) is 0 Å². The molecule has 0 saturated carbocycles. The molecule has 0 heterocycles. The second-order valence-electron chi connectivity index (χ2n) is 3.50. The molecule has 0 atom stereocenters. The van der Waals surface area contributed by atoms with E-state index >= 15 is 0 Å². The summed E-state index contributed by atoms with van der Waals surface area (Å²) in [5.41, 5.74) is -2.83. The Hall–Kier alpha value is -2.64. The number of hydrogen-bond acceptors (Lipinski definition) is 5. The van der Waals surface area contributed by atoms with Gasteiger partial charge in [-0.1, -0.05) is 6.07 Å². The number of nitrogens with zero attached hydrogens (tertiary/aromatic N) is 1. The lowest BCUT2D eigenvalue weighted by Crippen LogP contribution is -2.49. The zero-order chi connectivity index (χ0) is 13.9. The number of nitro benzene ring substituents is 1. The predicted octanol–water partition coefficient (Wildman–Crippen LogP) is 0.901. The average Bonchev–Trinajstić information content (AvgIpc) is 2.28. The Balaban J connectivity index is 3.09. The third-order valence-electron chi connectivity index (χ3n) is 2.17. The Morgan fingerprint density at radius 3 is 2.33 bits per heavy atom. The zero-order valence-electron chi connectivity index (χ0n) is 9.19. The van der Waals surface area contributed by atoms with Crippen LogP contribution >= 0.6 is 0 Å². The van der Waals surface area contributed by atoms with Gasteiger partial charge >= 0.3 is 11.9 Å². The third-order valence-corrected chi connectivity index (χ3v) is 2.17. The van der Waals surface area contributed by atoms with Gasteiger partial charge < -0.3 is 14.9 Å². The van der Waals surface area contributed by atoms with Crippen LogP contribution in [0.1, 0.15) is 6.92 Å². The number of ether oxygens (including phenoxy) is 1. The van der Waals surface area contributed by atoms with Crippen molar-refractivity contribution in [2.75, 3.05) is 0 Å². The number of hydrogen-bond donors (Lipinski definition) is 2. The minimum absolute atomic E-state index is 0.212. The number of carbonyl (C=O) groups is 2. The van der Waals surface area contributed by atoms with Crippen LogP contribution in [0.2, 0.25) is 0 Å². The molecule has 8 heteroatoms. The highest BCUT2D eigenvalue weighted by atomic mass is 16.6. The summed E-state index contributed by atoms with van der Waals surface area (Å²) in [7, 11) is 0. The lowest BCUT2D eigenvalue weighted by Gasteiger charge is -2.21. The number of benzene rings is 1. The van der Waals surface area contributed by atoms with E-state index in [0.29, 0.717) is 0 Å². The molecule has 0 bridgehead atoms. The maximum atomic E-state index is 10.8. The Labute approximate surface area is 101 Å². The first-order valence-electron chi connectivity index (χ1n) is 4.67. The van der Waals surface area contributed by atoms with E-state index < -0.39 is 22.5 Å². The van der Waals surface area contributed by atoms with Crippen LogP contribution in [0, 0.1) is 10.1 Å². The van der Waals surface area contributed by atoms with Crippen LogP contribution in [-0.4, -0.2) is 32.7 Å². The van der Waals surface area contributed by atoms with E-state index in [4.69, 9.17) is 14.9 Å².